The van der Waals surface area contributed by atoms with Gasteiger partial charge in [0.05, 0.1) is 17.7 Å². The molecule has 0 spiro atoms. The fraction of sp³-hybridized carbons (Fsp3) is 0.111. The summed E-state index contributed by atoms with van der Waals surface area (Å²) in [6.45, 7) is 0.122. The zero-order valence-electron chi connectivity index (χ0n) is 13.0. The van der Waals surface area contributed by atoms with Crippen molar-refractivity contribution < 1.29 is 23.1 Å². The van der Waals surface area contributed by atoms with Crippen LogP contribution < -0.4 is 10.1 Å². The number of rotatable bonds is 7. The molecule has 1 N–H and O–H groups in total. The molecule has 0 aliphatic rings. The van der Waals surface area contributed by atoms with Crippen molar-refractivity contribution in [3.05, 3.63) is 76.1 Å². The molecule has 25 heavy (non-hydrogen) atoms. The average Bonchev–Trinajstić information content (AvgIpc) is 3.30. The summed E-state index contributed by atoms with van der Waals surface area (Å²) >= 11 is 1.29. The van der Waals surface area contributed by atoms with E-state index in [-0.39, 0.29) is 29.9 Å². The monoisotopic (exact) mass is 359 g/mol. The zero-order valence-corrected chi connectivity index (χ0v) is 13.8. The first-order valence-corrected chi connectivity index (χ1v) is 8.25. The number of amides is 1. The normalized spacial score (nSPS) is 10.4. The van der Waals surface area contributed by atoms with Crippen LogP contribution >= 0.6 is 11.3 Å². The smallest absolute Gasteiger partial charge is 0.258 e. The third-order valence-electron chi connectivity index (χ3n) is 3.27. The fourth-order valence-corrected chi connectivity index (χ4v) is 2.93. The number of hydrogen-bond acceptors (Lipinski definition) is 5. The molecule has 0 saturated carbocycles. The van der Waals surface area contributed by atoms with Crippen LogP contribution in [0.4, 0.5) is 4.39 Å². The lowest BCUT2D eigenvalue weighted by Gasteiger charge is -2.06. The van der Waals surface area contributed by atoms with E-state index in [1.54, 1.807) is 24.3 Å². The van der Waals surface area contributed by atoms with Gasteiger partial charge >= 0.3 is 0 Å². The van der Waals surface area contributed by atoms with Crippen LogP contribution in [0.3, 0.4) is 0 Å². The van der Waals surface area contributed by atoms with Crippen molar-refractivity contribution in [1.29, 1.82) is 0 Å². The Bertz CT molecular complexity index is 856. The van der Waals surface area contributed by atoms with Crippen LogP contribution in [-0.4, -0.2) is 18.3 Å². The molecule has 1 aromatic carbocycles. The summed E-state index contributed by atoms with van der Waals surface area (Å²) < 4.78 is 23.1. The highest BCUT2D eigenvalue weighted by molar-refractivity contribution is 7.14. The van der Waals surface area contributed by atoms with E-state index >= 15 is 0 Å². The van der Waals surface area contributed by atoms with E-state index in [1.165, 1.54) is 41.9 Å². The zero-order chi connectivity index (χ0) is 17.6. The van der Waals surface area contributed by atoms with Crippen LogP contribution in [0.15, 0.2) is 59.2 Å². The lowest BCUT2D eigenvalue weighted by atomic mass is 10.2. The predicted octanol–water partition coefficient (Wildman–Crippen LogP) is 3.41. The van der Waals surface area contributed by atoms with Gasteiger partial charge in [-0.05, 0) is 48.5 Å². The highest BCUT2D eigenvalue weighted by Gasteiger charge is 2.14. The van der Waals surface area contributed by atoms with E-state index in [9.17, 15) is 14.0 Å². The van der Waals surface area contributed by atoms with Gasteiger partial charge in [0.2, 0.25) is 5.78 Å². The molecule has 2 heterocycles. The molecular weight excluding hydrogens is 345 g/mol. The maximum absolute atomic E-state index is 12.8. The highest BCUT2D eigenvalue weighted by Crippen LogP contribution is 2.20. The molecule has 0 aliphatic carbocycles. The van der Waals surface area contributed by atoms with Crippen LogP contribution in [0.25, 0.3) is 0 Å². The third kappa shape index (κ3) is 4.54. The molecule has 0 bridgehead atoms. The summed E-state index contributed by atoms with van der Waals surface area (Å²) in [4.78, 5) is 25.3. The van der Waals surface area contributed by atoms with Crippen molar-refractivity contribution in [1.82, 2.24) is 5.32 Å². The number of ether oxygens (including phenoxy) is 1. The van der Waals surface area contributed by atoms with Gasteiger partial charge in [0.1, 0.15) is 11.6 Å². The van der Waals surface area contributed by atoms with Crippen molar-refractivity contribution in [2.24, 2.45) is 0 Å². The Morgan fingerprint density at radius 3 is 2.64 bits per heavy atom. The number of halogens is 1. The van der Waals surface area contributed by atoms with Gasteiger partial charge < -0.3 is 14.5 Å². The minimum absolute atomic E-state index is 0.171. The fourth-order valence-electron chi connectivity index (χ4n) is 2.04. The van der Waals surface area contributed by atoms with Gasteiger partial charge in [-0.1, -0.05) is 0 Å². The Balaban J connectivity index is 1.47. The van der Waals surface area contributed by atoms with Gasteiger partial charge in [-0.3, -0.25) is 9.59 Å². The summed E-state index contributed by atoms with van der Waals surface area (Å²) in [5, 5.41) is 2.71. The molecule has 128 valence electrons. The van der Waals surface area contributed by atoms with Crippen molar-refractivity contribution in [3.8, 4) is 5.75 Å². The Hall–Kier alpha value is -2.93. The molecule has 0 radical (unpaired) electrons. The van der Waals surface area contributed by atoms with Gasteiger partial charge in [0.15, 0.2) is 12.4 Å². The molecule has 0 saturated heterocycles. The lowest BCUT2D eigenvalue weighted by Crippen LogP contribution is -2.28. The second-order valence-electron chi connectivity index (χ2n) is 5.09. The van der Waals surface area contributed by atoms with E-state index < -0.39 is 0 Å². The van der Waals surface area contributed by atoms with Crippen LogP contribution in [0.2, 0.25) is 0 Å². The Kier molecular flexibility index (Phi) is 5.25. The van der Waals surface area contributed by atoms with Crippen molar-refractivity contribution in [2.45, 2.75) is 6.54 Å². The standard InChI is InChI=1S/C18H14FNO4S/c19-12-3-5-13(6-4-12)24-11-17(21)20-10-14-7-8-16(25-14)18(22)15-2-1-9-23-15/h1-9H,10-11H2,(H,20,21). The Morgan fingerprint density at radius 1 is 1.12 bits per heavy atom. The number of carbonyl (C=O) groups is 2. The molecular formula is C18H14FNO4S. The number of benzene rings is 1. The van der Waals surface area contributed by atoms with Gasteiger partial charge in [0, 0.05) is 4.88 Å². The van der Waals surface area contributed by atoms with Crippen LogP contribution in [-0.2, 0) is 11.3 Å². The minimum atomic E-state index is -0.366. The minimum Gasteiger partial charge on any atom is -0.484 e. The molecule has 0 atom stereocenters. The number of nitrogens with one attached hydrogen (secondary N) is 1. The number of furan rings is 1. The lowest BCUT2D eigenvalue weighted by molar-refractivity contribution is -0.123. The first kappa shape index (κ1) is 16.9. The first-order valence-electron chi connectivity index (χ1n) is 7.44. The first-order chi connectivity index (χ1) is 12.1. The second-order valence-corrected chi connectivity index (χ2v) is 6.26. The molecule has 0 fully saturated rings. The Morgan fingerprint density at radius 2 is 1.92 bits per heavy atom. The van der Waals surface area contributed by atoms with Gasteiger partial charge in [-0.15, -0.1) is 11.3 Å². The topological polar surface area (TPSA) is 68.5 Å². The highest BCUT2D eigenvalue weighted by atomic mass is 32.1. The van der Waals surface area contributed by atoms with Crippen molar-refractivity contribution in [2.75, 3.05) is 6.61 Å². The van der Waals surface area contributed by atoms with E-state index in [2.05, 4.69) is 5.32 Å². The molecule has 0 unspecified atom stereocenters. The summed E-state index contributed by atoms with van der Waals surface area (Å²) in [7, 11) is 0. The molecule has 2 aromatic heterocycles. The maximum atomic E-state index is 12.8. The van der Waals surface area contributed by atoms with Gasteiger partial charge in [-0.2, -0.15) is 0 Å². The maximum Gasteiger partial charge on any atom is 0.258 e. The number of thiophene rings is 1. The average molecular weight is 359 g/mol. The molecule has 3 aromatic rings. The molecule has 5 nitrogen and oxygen atoms in total. The number of hydrogen-bond donors (Lipinski definition) is 1. The molecule has 0 aliphatic heterocycles. The van der Waals surface area contributed by atoms with Crippen molar-refractivity contribution >= 4 is 23.0 Å². The van der Waals surface area contributed by atoms with Crippen LogP contribution in [0, 0.1) is 5.82 Å². The molecule has 1 amide bonds. The third-order valence-corrected chi connectivity index (χ3v) is 4.36. The second kappa shape index (κ2) is 7.76. The SMILES string of the molecule is O=C(COc1ccc(F)cc1)NCc1ccc(C(=O)c2ccco2)s1. The summed E-state index contributed by atoms with van der Waals surface area (Å²) in [6.07, 6.45) is 1.45. The van der Waals surface area contributed by atoms with Crippen LogP contribution in [0.5, 0.6) is 5.75 Å². The quantitative estimate of drug-likeness (QED) is 0.657. The largest absolute Gasteiger partial charge is 0.484 e. The van der Waals surface area contributed by atoms with Crippen molar-refractivity contribution in [3.63, 3.8) is 0 Å². The van der Waals surface area contributed by atoms with E-state index in [4.69, 9.17) is 9.15 Å². The molecule has 7 heteroatoms. The van der Waals surface area contributed by atoms with E-state index in [0.29, 0.717) is 17.2 Å². The predicted molar refractivity (Wildman–Crippen MR) is 90.2 cm³/mol. The number of ketones is 1. The summed E-state index contributed by atoms with van der Waals surface area (Å²) in [6, 6.07) is 12.2. The van der Waals surface area contributed by atoms with Crippen LogP contribution in [0.1, 0.15) is 20.3 Å². The summed E-state index contributed by atoms with van der Waals surface area (Å²) in [5.41, 5.74) is 0. The van der Waals surface area contributed by atoms with E-state index in [1.807, 2.05) is 0 Å². The number of carbonyl (C=O) groups excluding carboxylic acids is 2. The molecule has 3 rings (SSSR count). The van der Waals surface area contributed by atoms with Gasteiger partial charge in [-0.25, -0.2) is 4.39 Å². The van der Waals surface area contributed by atoms with Gasteiger partial charge in [0.25, 0.3) is 5.91 Å². The Labute approximate surface area is 147 Å². The summed E-state index contributed by atoms with van der Waals surface area (Å²) in [5.74, 6) is -0.164. The van der Waals surface area contributed by atoms with E-state index in [0.717, 1.165) is 4.88 Å².